The second kappa shape index (κ2) is 10.9. The molecule has 2 fully saturated rings. The molecule has 3 amide bonds. The number of amides is 3. The molecule has 3 N–H and O–H groups in total. The van der Waals surface area contributed by atoms with Gasteiger partial charge >= 0.3 is 0 Å². The number of anilines is 1. The van der Waals surface area contributed by atoms with Gasteiger partial charge in [-0.15, -0.1) is 11.6 Å². The Labute approximate surface area is 209 Å². The average molecular weight is 507 g/mol. The van der Waals surface area contributed by atoms with Gasteiger partial charge in [-0.05, 0) is 45.2 Å². The predicted molar refractivity (Wildman–Crippen MR) is 134 cm³/mol. The van der Waals surface area contributed by atoms with Gasteiger partial charge in [0.05, 0.1) is 11.7 Å². The first-order chi connectivity index (χ1) is 16.3. The van der Waals surface area contributed by atoms with E-state index in [4.69, 9.17) is 11.6 Å². The molecule has 2 aliphatic heterocycles. The molecule has 4 rings (SSSR count). The first kappa shape index (κ1) is 24.7. The number of thioether (sulfide) groups is 1. The Bertz CT molecular complexity index is 946. The Morgan fingerprint density at radius 3 is 2.74 bits per heavy atom. The lowest BCUT2D eigenvalue weighted by Crippen LogP contribution is -2.68. The second-order valence-electron chi connectivity index (χ2n) is 9.10. The molecule has 1 aromatic carbocycles. The van der Waals surface area contributed by atoms with Gasteiger partial charge in [-0.25, -0.2) is 0 Å². The lowest BCUT2D eigenvalue weighted by atomic mass is 9.81. The van der Waals surface area contributed by atoms with E-state index in [-0.39, 0.29) is 59.8 Å². The molecule has 9 nitrogen and oxygen atoms in total. The van der Waals surface area contributed by atoms with Crippen LogP contribution in [0.25, 0.3) is 0 Å². The van der Waals surface area contributed by atoms with Crippen molar-refractivity contribution in [3.63, 3.8) is 0 Å². The first-order valence-electron chi connectivity index (χ1n) is 11.7. The lowest BCUT2D eigenvalue weighted by molar-refractivity contribution is -0.155. The molecule has 34 heavy (non-hydrogen) atoms. The quantitative estimate of drug-likeness (QED) is 0.490. The minimum absolute atomic E-state index is 0.00437. The van der Waals surface area contributed by atoms with Crippen LogP contribution in [0.4, 0.5) is 5.69 Å². The Balaban J connectivity index is 1.44. The summed E-state index contributed by atoms with van der Waals surface area (Å²) in [6.07, 6.45) is 1.93. The van der Waals surface area contributed by atoms with Crippen LogP contribution in [-0.4, -0.2) is 68.7 Å². The molecule has 0 spiro atoms. The third kappa shape index (κ3) is 5.60. The van der Waals surface area contributed by atoms with Crippen molar-refractivity contribution in [1.82, 2.24) is 20.5 Å². The van der Waals surface area contributed by atoms with Crippen molar-refractivity contribution in [2.75, 3.05) is 17.6 Å². The Morgan fingerprint density at radius 1 is 1.24 bits per heavy atom. The summed E-state index contributed by atoms with van der Waals surface area (Å²) >= 11 is 7.78. The molecule has 2 heterocycles. The highest BCUT2D eigenvalue weighted by molar-refractivity contribution is 8.14. The number of halogens is 1. The highest BCUT2D eigenvalue weighted by Gasteiger charge is 2.52. The summed E-state index contributed by atoms with van der Waals surface area (Å²) in [6, 6.07) is 9.31. The maximum atomic E-state index is 13.4. The van der Waals surface area contributed by atoms with Crippen molar-refractivity contribution in [3.8, 4) is 0 Å². The molecule has 0 aromatic heterocycles. The highest BCUT2D eigenvalue weighted by Crippen LogP contribution is 2.40. The van der Waals surface area contributed by atoms with Gasteiger partial charge in [-0.2, -0.15) is 5.10 Å². The molecular formula is C23H31ClN6O3S. The fourth-order valence-corrected chi connectivity index (χ4v) is 5.87. The van der Waals surface area contributed by atoms with Crippen LogP contribution in [0.3, 0.4) is 0 Å². The van der Waals surface area contributed by atoms with E-state index in [2.05, 4.69) is 26.1 Å². The minimum atomic E-state index is -0.466. The second-order valence-corrected chi connectivity index (χ2v) is 10.7. The average Bonchev–Trinajstić information content (AvgIpc) is 3.21. The van der Waals surface area contributed by atoms with Crippen molar-refractivity contribution in [1.29, 1.82) is 0 Å². The van der Waals surface area contributed by atoms with E-state index < -0.39 is 6.29 Å². The molecule has 3 aliphatic rings. The number of para-hydroxylation sites is 1. The zero-order valence-electron chi connectivity index (χ0n) is 19.4. The van der Waals surface area contributed by atoms with Crippen LogP contribution in [-0.2, 0) is 14.4 Å². The van der Waals surface area contributed by atoms with Crippen LogP contribution >= 0.6 is 23.4 Å². The lowest BCUT2D eigenvalue weighted by Gasteiger charge is -2.51. The fraction of sp³-hybridized carbons (Fsp3) is 0.565. The topological polar surface area (TPSA) is 106 Å². The third-order valence-electron chi connectivity index (χ3n) is 6.18. The van der Waals surface area contributed by atoms with Gasteiger partial charge in [0.2, 0.25) is 17.7 Å². The standard InChI is InChI=1S/C23H31ClN6O3S/c1-14(2)25-19(31)10-11-29-21(33)17-12-15(24)8-9-18(17)30-22(29)27-28-23(30)34-13-20(32)26-16-6-4-3-5-7-16/h3-7,14-15,17-18,22,27H,8-13H2,1-2H3,(H,25,31)(H,26,32). The zero-order chi connectivity index (χ0) is 24.2. The molecular weight excluding hydrogens is 476 g/mol. The first-order valence-corrected chi connectivity index (χ1v) is 13.1. The highest BCUT2D eigenvalue weighted by atomic mass is 35.5. The summed E-state index contributed by atoms with van der Waals surface area (Å²) in [6.45, 7) is 4.09. The predicted octanol–water partition coefficient (Wildman–Crippen LogP) is 2.35. The molecule has 1 aromatic rings. The van der Waals surface area contributed by atoms with Crippen molar-refractivity contribution in [2.45, 2.75) is 63.3 Å². The van der Waals surface area contributed by atoms with Gasteiger partial charge in [-0.1, -0.05) is 30.0 Å². The largest absolute Gasteiger partial charge is 0.354 e. The Kier molecular flexibility index (Phi) is 7.88. The number of amidine groups is 1. The maximum absolute atomic E-state index is 13.4. The number of hydrogen-bond acceptors (Lipinski definition) is 7. The van der Waals surface area contributed by atoms with Gasteiger partial charge in [0.15, 0.2) is 11.5 Å². The molecule has 1 saturated carbocycles. The van der Waals surface area contributed by atoms with Crippen LogP contribution < -0.4 is 16.1 Å². The van der Waals surface area contributed by atoms with E-state index in [1.165, 1.54) is 11.8 Å². The molecule has 4 atom stereocenters. The summed E-state index contributed by atoms with van der Waals surface area (Å²) in [5.74, 6) is -0.284. The van der Waals surface area contributed by atoms with Crippen molar-refractivity contribution in [2.24, 2.45) is 11.0 Å². The van der Waals surface area contributed by atoms with E-state index in [0.29, 0.717) is 11.6 Å². The van der Waals surface area contributed by atoms with E-state index in [1.807, 2.05) is 44.2 Å². The van der Waals surface area contributed by atoms with Crippen LogP contribution in [0.5, 0.6) is 0 Å². The van der Waals surface area contributed by atoms with E-state index >= 15 is 0 Å². The van der Waals surface area contributed by atoms with Crippen molar-refractivity contribution < 1.29 is 14.4 Å². The molecule has 1 aliphatic carbocycles. The third-order valence-corrected chi connectivity index (χ3v) is 7.55. The number of fused-ring (bicyclic) bond motifs is 3. The summed E-state index contributed by atoms with van der Waals surface area (Å²) in [4.78, 5) is 41.9. The molecule has 11 heteroatoms. The number of rotatable bonds is 7. The van der Waals surface area contributed by atoms with Gasteiger partial charge in [0.25, 0.3) is 0 Å². The van der Waals surface area contributed by atoms with Crippen molar-refractivity contribution in [3.05, 3.63) is 30.3 Å². The molecule has 0 bridgehead atoms. The number of hydrazone groups is 1. The maximum Gasteiger partial charge on any atom is 0.234 e. The van der Waals surface area contributed by atoms with Crippen LogP contribution in [0.2, 0.25) is 0 Å². The van der Waals surface area contributed by atoms with Gasteiger partial charge in [0, 0.05) is 36.1 Å². The van der Waals surface area contributed by atoms with Crippen LogP contribution in [0.15, 0.2) is 35.4 Å². The number of nitrogens with zero attached hydrogens (tertiary/aromatic N) is 3. The summed E-state index contributed by atoms with van der Waals surface area (Å²) in [5, 5.41) is 10.9. The van der Waals surface area contributed by atoms with E-state index in [0.717, 1.165) is 18.5 Å². The van der Waals surface area contributed by atoms with Gasteiger partial charge in [0.1, 0.15) is 0 Å². The number of nitrogens with one attached hydrogen (secondary N) is 3. The molecule has 0 radical (unpaired) electrons. The summed E-state index contributed by atoms with van der Waals surface area (Å²) in [5.41, 5.74) is 3.82. The van der Waals surface area contributed by atoms with Gasteiger partial charge in [-0.3, -0.25) is 19.8 Å². The summed E-state index contributed by atoms with van der Waals surface area (Å²) < 4.78 is 0. The number of alkyl halides is 1. The number of hydrogen-bond donors (Lipinski definition) is 3. The van der Waals surface area contributed by atoms with Crippen LogP contribution in [0.1, 0.15) is 39.5 Å². The van der Waals surface area contributed by atoms with Crippen molar-refractivity contribution >= 4 is 51.9 Å². The van der Waals surface area contributed by atoms with E-state index in [1.54, 1.807) is 4.90 Å². The van der Waals surface area contributed by atoms with Crippen LogP contribution in [0, 0.1) is 5.92 Å². The monoisotopic (exact) mass is 506 g/mol. The number of carbonyl (C=O) groups is 3. The Morgan fingerprint density at radius 2 is 2.00 bits per heavy atom. The zero-order valence-corrected chi connectivity index (χ0v) is 20.9. The molecule has 1 saturated heterocycles. The number of benzene rings is 1. The Hall–Kier alpha value is -2.46. The summed E-state index contributed by atoms with van der Waals surface area (Å²) in [7, 11) is 0. The smallest absolute Gasteiger partial charge is 0.234 e. The van der Waals surface area contributed by atoms with Gasteiger partial charge < -0.3 is 20.4 Å². The van der Waals surface area contributed by atoms with E-state index in [9.17, 15) is 14.4 Å². The SMILES string of the molecule is CC(C)NC(=O)CCN1C(=O)C2CC(Cl)CCC2N2C(SCC(=O)Nc3ccccc3)=NNC12. The number of carbonyl (C=O) groups excluding carboxylic acids is 3. The fourth-order valence-electron chi connectivity index (χ4n) is 4.72. The molecule has 4 unspecified atom stereocenters. The minimum Gasteiger partial charge on any atom is -0.354 e. The normalized spacial score (nSPS) is 25.9. The molecule has 184 valence electrons.